The molecule has 0 unspecified atom stereocenters. The highest BCUT2D eigenvalue weighted by atomic mass is 16.5. The molecule has 0 aliphatic rings. The maximum Gasteiger partial charge on any atom is 0.213 e. The summed E-state index contributed by atoms with van der Waals surface area (Å²) in [6.07, 6.45) is 0. The maximum atomic E-state index is 5.68. The molecule has 0 saturated carbocycles. The highest BCUT2D eigenvalue weighted by Gasteiger charge is 2.12. The summed E-state index contributed by atoms with van der Waals surface area (Å²) in [6.45, 7) is 9.88. The fourth-order valence-corrected chi connectivity index (χ4v) is 1.18. The summed E-state index contributed by atoms with van der Waals surface area (Å²) in [7, 11) is 0. The van der Waals surface area contributed by atoms with Gasteiger partial charge in [-0.1, -0.05) is 13.0 Å². The molecule has 0 radical (unpaired) electrons. The summed E-state index contributed by atoms with van der Waals surface area (Å²) in [4.78, 5) is 4.41. The van der Waals surface area contributed by atoms with E-state index >= 15 is 0 Å². The van der Waals surface area contributed by atoms with E-state index in [0.717, 1.165) is 18.8 Å². The van der Waals surface area contributed by atoms with E-state index in [0.29, 0.717) is 5.88 Å². The summed E-state index contributed by atoms with van der Waals surface area (Å²) < 4.78 is 5.68. The molecule has 1 heterocycles. The van der Waals surface area contributed by atoms with Gasteiger partial charge in [0.15, 0.2) is 0 Å². The number of rotatable bonds is 4. The van der Waals surface area contributed by atoms with Gasteiger partial charge in [-0.15, -0.1) is 0 Å². The number of hydrogen-bond donors (Lipinski definition) is 1. The summed E-state index contributed by atoms with van der Waals surface area (Å²) in [5.41, 5.74) is 0.822. The minimum Gasteiger partial charge on any atom is -0.472 e. The van der Waals surface area contributed by atoms with Crippen molar-refractivity contribution in [3.05, 3.63) is 23.9 Å². The molecule has 0 saturated heterocycles. The lowest BCUT2D eigenvalue weighted by Crippen LogP contribution is -2.24. The standard InChI is InChI=1S/C12H20N2O/c1-5-13-9-10-7-6-8-11(14-10)15-12(2,3)4/h6-8,13H,5,9H2,1-4H3. The van der Waals surface area contributed by atoms with Crippen molar-refractivity contribution in [3.63, 3.8) is 0 Å². The third-order valence-corrected chi connectivity index (χ3v) is 1.75. The Kier molecular flexibility index (Phi) is 4.09. The fourth-order valence-electron chi connectivity index (χ4n) is 1.18. The predicted octanol–water partition coefficient (Wildman–Crippen LogP) is 2.37. The van der Waals surface area contributed by atoms with Crippen molar-refractivity contribution in [2.45, 2.75) is 39.8 Å². The molecule has 0 aliphatic carbocycles. The van der Waals surface area contributed by atoms with Crippen LogP contribution in [0.2, 0.25) is 0 Å². The van der Waals surface area contributed by atoms with Crippen LogP contribution in [0.5, 0.6) is 5.88 Å². The van der Waals surface area contributed by atoms with Crippen LogP contribution in [-0.4, -0.2) is 17.1 Å². The summed E-state index contributed by atoms with van der Waals surface area (Å²) in [5, 5.41) is 3.24. The van der Waals surface area contributed by atoms with E-state index in [9.17, 15) is 0 Å². The average Bonchev–Trinajstić information content (AvgIpc) is 2.12. The minimum atomic E-state index is -0.191. The van der Waals surface area contributed by atoms with Gasteiger partial charge in [-0.3, -0.25) is 0 Å². The van der Waals surface area contributed by atoms with E-state index in [1.165, 1.54) is 0 Å². The van der Waals surface area contributed by atoms with Gasteiger partial charge in [0.25, 0.3) is 0 Å². The number of hydrogen-bond acceptors (Lipinski definition) is 3. The normalized spacial score (nSPS) is 11.5. The van der Waals surface area contributed by atoms with Crippen molar-refractivity contribution in [1.82, 2.24) is 10.3 Å². The molecule has 0 aliphatic heterocycles. The van der Waals surface area contributed by atoms with Gasteiger partial charge >= 0.3 is 0 Å². The lowest BCUT2D eigenvalue weighted by atomic mass is 10.2. The van der Waals surface area contributed by atoms with Gasteiger partial charge in [0, 0.05) is 12.6 Å². The first-order chi connectivity index (χ1) is 7.01. The van der Waals surface area contributed by atoms with Crippen LogP contribution in [0.25, 0.3) is 0 Å². The monoisotopic (exact) mass is 208 g/mol. The van der Waals surface area contributed by atoms with Crippen molar-refractivity contribution in [2.75, 3.05) is 6.54 Å². The molecule has 0 atom stereocenters. The van der Waals surface area contributed by atoms with Gasteiger partial charge in [-0.05, 0) is 33.4 Å². The van der Waals surface area contributed by atoms with Crippen LogP contribution in [0.15, 0.2) is 18.2 Å². The second-order valence-corrected chi connectivity index (χ2v) is 4.46. The predicted molar refractivity (Wildman–Crippen MR) is 62.0 cm³/mol. The zero-order chi connectivity index (χ0) is 11.3. The third-order valence-electron chi connectivity index (χ3n) is 1.75. The van der Waals surface area contributed by atoms with Crippen LogP contribution in [0, 0.1) is 0 Å². The van der Waals surface area contributed by atoms with Gasteiger partial charge in [0.05, 0.1) is 5.69 Å². The molecular formula is C12H20N2O. The number of nitrogens with zero attached hydrogens (tertiary/aromatic N) is 1. The minimum absolute atomic E-state index is 0.191. The molecule has 15 heavy (non-hydrogen) atoms. The van der Waals surface area contributed by atoms with Crippen LogP contribution in [0.1, 0.15) is 33.4 Å². The van der Waals surface area contributed by atoms with E-state index in [2.05, 4.69) is 17.2 Å². The SMILES string of the molecule is CCNCc1cccc(OC(C)(C)C)n1. The topological polar surface area (TPSA) is 34.1 Å². The largest absolute Gasteiger partial charge is 0.472 e. The van der Waals surface area contributed by atoms with Crippen molar-refractivity contribution in [3.8, 4) is 5.88 Å². The zero-order valence-corrected chi connectivity index (χ0v) is 10.0. The second kappa shape index (κ2) is 5.12. The van der Waals surface area contributed by atoms with E-state index in [-0.39, 0.29) is 5.60 Å². The van der Waals surface area contributed by atoms with Gasteiger partial charge in [0.2, 0.25) is 5.88 Å². The highest BCUT2D eigenvalue weighted by Crippen LogP contribution is 2.15. The van der Waals surface area contributed by atoms with Gasteiger partial charge < -0.3 is 10.1 Å². The third kappa shape index (κ3) is 4.79. The Morgan fingerprint density at radius 1 is 1.33 bits per heavy atom. The molecule has 0 aromatic carbocycles. The van der Waals surface area contributed by atoms with E-state index in [4.69, 9.17) is 4.74 Å². The summed E-state index contributed by atoms with van der Waals surface area (Å²) in [6, 6.07) is 5.86. The van der Waals surface area contributed by atoms with Crippen LogP contribution in [-0.2, 0) is 6.54 Å². The first kappa shape index (κ1) is 12.0. The van der Waals surface area contributed by atoms with E-state index in [1.807, 2.05) is 39.0 Å². The van der Waals surface area contributed by atoms with Crippen LogP contribution < -0.4 is 10.1 Å². The van der Waals surface area contributed by atoms with Crippen LogP contribution >= 0.6 is 0 Å². The smallest absolute Gasteiger partial charge is 0.213 e. The molecule has 0 amide bonds. The van der Waals surface area contributed by atoms with Crippen molar-refractivity contribution >= 4 is 0 Å². The van der Waals surface area contributed by atoms with Gasteiger partial charge in [-0.25, -0.2) is 4.98 Å². The quantitative estimate of drug-likeness (QED) is 0.824. The summed E-state index contributed by atoms with van der Waals surface area (Å²) in [5.74, 6) is 0.693. The molecule has 3 nitrogen and oxygen atoms in total. The molecule has 0 fully saturated rings. The van der Waals surface area contributed by atoms with Crippen LogP contribution in [0.3, 0.4) is 0 Å². The molecule has 0 spiro atoms. The molecule has 1 rings (SSSR count). The van der Waals surface area contributed by atoms with Crippen LogP contribution in [0.4, 0.5) is 0 Å². The number of nitrogens with one attached hydrogen (secondary N) is 1. The molecule has 1 N–H and O–H groups in total. The highest BCUT2D eigenvalue weighted by molar-refractivity contribution is 5.16. The molecule has 3 heteroatoms. The maximum absolute atomic E-state index is 5.68. The summed E-state index contributed by atoms with van der Waals surface area (Å²) >= 11 is 0. The molecule has 84 valence electrons. The Morgan fingerprint density at radius 3 is 2.67 bits per heavy atom. The van der Waals surface area contributed by atoms with E-state index < -0.39 is 0 Å². The number of ether oxygens (including phenoxy) is 1. The fraction of sp³-hybridized carbons (Fsp3) is 0.583. The van der Waals surface area contributed by atoms with Gasteiger partial charge in [-0.2, -0.15) is 0 Å². The Balaban J connectivity index is 2.66. The molecular weight excluding hydrogens is 188 g/mol. The lowest BCUT2D eigenvalue weighted by Gasteiger charge is -2.20. The Hall–Kier alpha value is -1.09. The van der Waals surface area contributed by atoms with Crippen molar-refractivity contribution < 1.29 is 4.74 Å². The zero-order valence-electron chi connectivity index (χ0n) is 10.0. The average molecular weight is 208 g/mol. The number of aromatic nitrogens is 1. The van der Waals surface area contributed by atoms with Crippen molar-refractivity contribution in [2.24, 2.45) is 0 Å². The Morgan fingerprint density at radius 2 is 2.07 bits per heavy atom. The lowest BCUT2D eigenvalue weighted by molar-refractivity contribution is 0.124. The molecule has 0 bridgehead atoms. The second-order valence-electron chi connectivity index (χ2n) is 4.46. The van der Waals surface area contributed by atoms with E-state index in [1.54, 1.807) is 0 Å². The van der Waals surface area contributed by atoms with Crippen molar-refractivity contribution in [1.29, 1.82) is 0 Å². The Bertz CT molecular complexity index is 305. The Labute approximate surface area is 91.9 Å². The first-order valence-electron chi connectivity index (χ1n) is 5.37. The molecule has 1 aromatic rings. The molecule has 1 aromatic heterocycles. The van der Waals surface area contributed by atoms with Gasteiger partial charge in [0.1, 0.15) is 5.60 Å². The first-order valence-corrected chi connectivity index (χ1v) is 5.37. The number of pyridine rings is 1.